The molecule has 0 spiro atoms. The second-order valence-corrected chi connectivity index (χ2v) is 5.97. The fraction of sp³-hybridized carbons (Fsp3) is 0.167. The largest absolute Gasteiger partial charge is 0.370 e. The number of nitrogens with two attached hydrogens (primary N) is 1. The van der Waals surface area contributed by atoms with Gasteiger partial charge in [0, 0.05) is 22.7 Å². The molecule has 3 rings (SSSR count). The predicted octanol–water partition coefficient (Wildman–Crippen LogP) is 4.29. The molecular formula is C18H19ClIN5O. The van der Waals surface area contributed by atoms with Crippen molar-refractivity contribution in [3.05, 3.63) is 65.0 Å². The van der Waals surface area contributed by atoms with Crippen LogP contribution in [0.4, 0.5) is 5.69 Å². The van der Waals surface area contributed by atoms with Gasteiger partial charge in [0.1, 0.15) is 0 Å². The lowest BCUT2D eigenvalue weighted by molar-refractivity contribution is 0.380. The second kappa shape index (κ2) is 9.54. The van der Waals surface area contributed by atoms with E-state index in [1.54, 1.807) is 12.1 Å². The summed E-state index contributed by atoms with van der Waals surface area (Å²) in [5, 5.41) is 7.69. The van der Waals surface area contributed by atoms with Crippen molar-refractivity contribution in [2.45, 2.75) is 13.3 Å². The first-order valence-corrected chi connectivity index (χ1v) is 8.20. The highest BCUT2D eigenvalue weighted by atomic mass is 127. The lowest BCUT2D eigenvalue weighted by Crippen LogP contribution is -2.23. The number of nitrogens with zero attached hydrogens (tertiary/aromatic N) is 3. The maximum Gasteiger partial charge on any atom is 0.228 e. The summed E-state index contributed by atoms with van der Waals surface area (Å²) in [5.74, 6) is 1.39. The van der Waals surface area contributed by atoms with E-state index in [0.717, 1.165) is 16.8 Å². The van der Waals surface area contributed by atoms with Crippen LogP contribution in [-0.4, -0.2) is 22.6 Å². The molecule has 0 saturated carbocycles. The van der Waals surface area contributed by atoms with Gasteiger partial charge in [-0.1, -0.05) is 28.9 Å². The highest BCUT2D eigenvalue weighted by molar-refractivity contribution is 14.0. The molecule has 3 N–H and O–H groups in total. The van der Waals surface area contributed by atoms with Gasteiger partial charge >= 0.3 is 0 Å². The van der Waals surface area contributed by atoms with Gasteiger partial charge in [-0.3, -0.25) is 4.99 Å². The molecule has 0 bridgehead atoms. The van der Waals surface area contributed by atoms with E-state index < -0.39 is 0 Å². The number of aromatic nitrogens is 2. The second-order valence-electron chi connectivity index (χ2n) is 5.53. The SMILES string of the molecule is Cc1cccc(NC(N)=NCCc2nc(-c3ccc(Cl)cc3)no2)c1.I. The minimum atomic E-state index is 0. The Morgan fingerprint density at radius 2 is 2.00 bits per heavy atom. The molecule has 0 unspecified atom stereocenters. The van der Waals surface area contributed by atoms with E-state index >= 15 is 0 Å². The van der Waals surface area contributed by atoms with Gasteiger partial charge in [-0.05, 0) is 48.9 Å². The first kappa shape index (κ1) is 20.2. The molecule has 26 heavy (non-hydrogen) atoms. The van der Waals surface area contributed by atoms with Crippen LogP contribution < -0.4 is 11.1 Å². The number of hydrogen-bond acceptors (Lipinski definition) is 4. The number of nitrogens with one attached hydrogen (secondary N) is 1. The number of aryl methyl sites for hydroxylation is 1. The fourth-order valence-corrected chi connectivity index (χ4v) is 2.38. The quantitative estimate of drug-likeness (QED) is 0.321. The van der Waals surface area contributed by atoms with Crippen molar-refractivity contribution >= 4 is 47.2 Å². The average Bonchev–Trinajstić information content (AvgIpc) is 3.04. The Balaban J connectivity index is 0.00000243. The number of anilines is 1. The predicted molar refractivity (Wildman–Crippen MR) is 115 cm³/mol. The molecule has 136 valence electrons. The Morgan fingerprint density at radius 3 is 2.73 bits per heavy atom. The summed E-state index contributed by atoms with van der Waals surface area (Å²) in [6.45, 7) is 2.47. The number of halogens is 2. The molecule has 0 amide bonds. The molecule has 0 aliphatic rings. The Labute approximate surface area is 173 Å². The molecule has 0 atom stereocenters. The zero-order chi connectivity index (χ0) is 17.6. The van der Waals surface area contributed by atoms with Gasteiger partial charge in [0.25, 0.3) is 0 Å². The molecule has 1 heterocycles. The molecule has 6 nitrogen and oxygen atoms in total. The van der Waals surface area contributed by atoms with E-state index in [1.165, 1.54) is 0 Å². The molecule has 2 aromatic carbocycles. The molecule has 0 aliphatic carbocycles. The molecule has 0 aliphatic heterocycles. The Hall–Kier alpha value is -2.13. The monoisotopic (exact) mass is 483 g/mol. The fourth-order valence-electron chi connectivity index (χ4n) is 2.25. The van der Waals surface area contributed by atoms with Crippen LogP contribution in [0.15, 0.2) is 58.0 Å². The normalized spacial score (nSPS) is 11.1. The van der Waals surface area contributed by atoms with Crippen LogP contribution in [0.5, 0.6) is 0 Å². The summed E-state index contributed by atoms with van der Waals surface area (Å²) in [7, 11) is 0. The molecule has 3 aromatic rings. The van der Waals surface area contributed by atoms with Gasteiger partial charge in [-0.2, -0.15) is 4.98 Å². The van der Waals surface area contributed by atoms with E-state index in [-0.39, 0.29) is 24.0 Å². The van der Waals surface area contributed by atoms with E-state index in [4.69, 9.17) is 21.9 Å². The summed E-state index contributed by atoms with van der Waals surface area (Å²) in [6, 6.07) is 15.2. The highest BCUT2D eigenvalue weighted by Crippen LogP contribution is 2.18. The van der Waals surface area contributed by atoms with Gasteiger partial charge in [-0.15, -0.1) is 24.0 Å². The summed E-state index contributed by atoms with van der Waals surface area (Å²) < 4.78 is 5.24. The summed E-state index contributed by atoms with van der Waals surface area (Å²) in [4.78, 5) is 8.63. The van der Waals surface area contributed by atoms with Crippen LogP contribution in [0.2, 0.25) is 5.02 Å². The Bertz CT molecular complexity index is 879. The lowest BCUT2D eigenvalue weighted by Gasteiger charge is -2.05. The van der Waals surface area contributed by atoms with E-state index in [0.29, 0.717) is 35.7 Å². The maximum absolute atomic E-state index is 5.89. The van der Waals surface area contributed by atoms with Crippen molar-refractivity contribution in [2.24, 2.45) is 10.7 Å². The minimum absolute atomic E-state index is 0. The van der Waals surface area contributed by atoms with Crippen LogP contribution >= 0.6 is 35.6 Å². The first-order chi connectivity index (χ1) is 12.1. The van der Waals surface area contributed by atoms with Crippen LogP contribution in [0.3, 0.4) is 0 Å². The van der Waals surface area contributed by atoms with Crippen molar-refractivity contribution in [1.29, 1.82) is 0 Å². The smallest absolute Gasteiger partial charge is 0.228 e. The van der Waals surface area contributed by atoms with Gasteiger partial charge < -0.3 is 15.6 Å². The lowest BCUT2D eigenvalue weighted by atomic mass is 10.2. The third-order valence-corrected chi connectivity index (χ3v) is 3.72. The number of guanidine groups is 1. The van der Waals surface area contributed by atoms with E-state index in [9.17, 15) is 0 Å². The average molecular weight is 484 g/mol. The molecular weight excluding hydrogens is 465 g/mol. The standard InChI is InChI=1S/C18H18ClN5O.HI/c1-12-3-2-4-15(11-12)22-18(20)21-10-9-16-23-17(24-25-16)13-5-7-14(19)8-6-13;/h2-8,11H,9-10H2,1H3,(H3,20,21,22);1H. The molecule has 8 heteroatoms. The zero-order valence-corrected chi connectivity index (χ0v) is 17.2. The first-order valence-electron chi connectivity index (χ1n) is 7.82. The van der Waals surface area contributed by atoms with Gasteiger partial charge in [0.05, 0.1) is 6.54 Å². The molecule has 1 aromatic heterocycles. The summed E-state index contributed by atoms with van der Waals surface area (Å²) in [6.07, 6.45) is 0.511. The molecule has 0 saturated heterocycles. The number of rotatable bonds is 5. The van der Waals surface area contributed by atoms with Crippen molar-refractivity contribution < 1.29 is 4.52 Å². The van der Waals surface area contributed by atoms with Crippen LogP contribution in [0.1, 0.15) is 11.5 Å². The van der Waals surface area contributed by atoms with Crippen LogP contribution in [0.25, 0.3) is 11.4 Å². The summed E-state index contributed by atoms with van der Waals surface area (Å²) in [5.41, 5.74) is 8.80. The summed E-state index contributed by atoms with van der Waals surface area (Å²) >= 11 is 5.87. The van der Waals surface area contributed by atoms with Crippen molar-refractivity contribution in [3.63, 3.8) is 0 Å². The Kier molecular flexibility index (Phi) is 7.40. The van der Waals surface area contributed by atoms with Gasteiger partial charge in [0.15, 0.2) is 5.96 Å². The van der Waals surface area contributed by atoms with Crippen molar-refractivity contribution in [3.8, 4) is 11.4 Å². The molecule has 0 fully saturated rings. The topological polar surface area (TPSA) is 89.3 Å². The number of aliphatic imine (C=N–C) groups is 1. The third-order valence-electron chi connectivity index (χ3n) is 3.47. The van der Waals surface area contributed by atoms with Crippen LogP contribution in [0, 0.1) is 6.92 Å². The minimum Gasteiger partial charge on any atom is -0.370 e. The van der Waals surface area contributed by atoms with Crippen LogP contribution in [-0.2, 0) is 6.42 Å². The number of hydrogen-bond donors (Lipinski definition) is 2. The van der Waals surface area contributed by atoms with E-state index in [1.807, 2.05) is 43.3 Å². The van der Waals surface area contributed by atoms with E-state index in [2.05, 4.69) is 20.4 Å². The zero-order valence-electron chi connectivity index (χ0n) is 14.1. The number of benzene rings is 2. The van der Waals surface area contributed by atoms with Gasteiger partial charge in [-0.25, -0.2) is 0 Å². The third kappa shape index (κ3) is 5.70. The van der Waals surface area contributed by atoms with Crippen molar-refractivity contribution in [1.82, 2.24) is 10.1 Å². The Morgan fingerprint density at radius 1 is 1.23 bits per heavy atom. The highest BCUT2D eigenvalue weighted by Gasteiger charge is 2.08. The maximum atomic E-state index is 5.89. The molecule has 0 radical (unpaired) electrons. The van der Waals surface area contributed by atoms with Crippen molar-refractivity contribution in [2.75, 3.05) is 11.9 Å². The van der Waals surface area contributed by atoms with Gasteiger partial charge in [0.2, 0.25) is 11.7 Å².